The van der Waals surface area contributed by atoms with Crippen molar-refractivity contribution in [3.63, 3.8) is 0 Å². The van der Waals surface area contributed by atoms with Gasteiger partial charge in [0.25, 0.3) is 0 Å². The highest BCUT2D eigenvalue weighted by atomic mass is 79.9. The number of hydrogen-bond donors (Lipinski definition) is 1. The van der Waals surface area contributed by atoms with E-state index in [1.807, 2.05) is 0 Å². The topological polar surface area (TPSA) is 91.3 Å². The van der Waals surface area contributed by atoms with Crippen molar-refractivity contribution in [3.05, 3.63) is 28.7 Å². The Kier molecular flexibility index (Phi) is 4.45. The summed E-state index contributed by atoms with van der Waals surface area (Å²) in [6, 6.07) is 6.27. The lowest BCUT2D eigenvalue weighted by molar-refractivity contribution is -0.197. The van der Waals surface area contributed by atoms with Crippen molar-refractivity contribution in [3.8, 4) is 5.75 Å². The predicted molar refractivity (Wildman–Crippen MR) is 78.3 cm³/mol. The van der Waals surface area contributed by atoms with Crippen molar-refractivity contribution in [2.24, 2.45) is 5.92 Å². The fourth-order valence-corrected chi connectivity index (χ4v) is 3.66. The van der Waals surface area contributed by atoms with E-state index < -0.39 is 40.9 Å². The van der Waals surface area contributed by atoms with Gasteiger partial charge in [0.1, 0.15) is 18.0 Å². The molecule has 0 amide bonds. The minimum Gasteiger partial charge on any atom is -0.390 e. The molecule has 1 aromatic carbocycles. The standard InChI is InChI=1S/C13H15BrO7S/c1-7-11(15)10-6-18-13(19-10)12(7)21-22(16,17)20-9-4-2-8(14)3-5-9/h2-5,7,10-13,15H,6H2,1H3/t7-,10?,11?,12?,13+/m0/s1. The Morgan fingerprint density at radius 1 is 1.32 bits per heavy atom. The second-order valence-corrected chi connectivity index (χ2v) is 7.32. The minimum absolute atomic E-state index is 0.123. The largest absolute Gasteiger partial charge is 0.449 e. The predicted octanol–water partition coefficient (Wildman–Crippen LogP) is 1.21. The van der Waals surface area contributed by atoms with Crippen LogP contribution in [0.1, 0.15) is 6.92 Å². The summed E-state index contributed by atoms with van der Waals surface area (Å²) in [5.74, 6) is -0.340. The van der Waals surface area contributed by atoms with E-state index in [2.05, 4.69) is 15.9 Å². The summed E-state index contributed by atoms with van der Waals surface area (Å²) in [5, 5.41) is 10.0. The van der Waals surface area contributed by atoms with Gasteiger partial charge >= 0.3 is 10.4 Å². The first kappa shape index (κ1) is 16.2. The molecule has 1 aromatic rings. The Bertz CT molecular complexity index is 632. The van der Waals surface area contributed by atoms with Gasteiger partial charge in [0.05, 0.1) is 12.7 Å². The van der Waals surface area contributed by atoms with Gasteiger partial charge in [-0.1, -0.05) is 22.9 Å². The van der Waals surface area contributed by atoms with Gasteiger partial charge in [-0.25, -0.2) is 4.18 Å². The molecule has 2 bridgehead atoms. The van der Waals surface area contributed by atoms with Gasteiger partial charge in [0.2, 0.25) is 0 Å². The van der Waals surface area contributed by atoms with Gasteiger partial charge in [0, 0.05) is 10.4 Å². The Balaban J connectivity index is 1.72. The number of aliphatic hydroxyl groups excluding tert-OH is 1. The maximum absolute atomic E-state index is 12.0. The molecule has 0 spiro atoms. The van der Waals surface area contributed by atoms with E-state index in [1.165, 1.54) is 12.1 Å². The zero-order valence-electron chi connectivity index (χ0n) is 11.6. The van der Waals surface area contributed by atoms with Gasteiger partial charge in [-0.2, -0.15) is 8.42 Å². The van der Waals surface area contributed by atoms with Crippen molar-refractivity contribution in [2.75, 3.05) is 6.61 Å². The van der Waals surface area contributed by atoms with Crippen molar-refractivity contribution < 1.29 is 31.4 Å². The summed E-state index contributed by atoms with van der Waals surface area (Å²) in [4.78, 5) is 0. The third-order valence-electron chi connectivity index (χ3n) is 3.68. The van der Waals surface area contributed by atoms with Gasteiger partial charge in [-0.3, -0.25) is 0 Å². The lowest BCUT2D eigenvalue weighted by Crippen LogP contribution is -2.50. The van der Waals surface area contributed by atoms with Crippen LogP contribution in [0.25, 0.3) is 0 Å². The Morgan fingerprint density at radius 2 is 2.00 bits per heavy atom. The van der Waals surface area contributed by atoms with Crippen molar-refractivity contribution in [1.29, 1.82) is 0 Å². The molecule has 5 atom stereocenters. The van der Waals surface area contributed by atoms with Crippen LogP contribution in [-0.4, -0.2) is 44.7 Å². The zero-order valence-corrected chi connectivity index (χ0v) is 14.0. The Labute approximate surface area is 136 Å². The first-order valence-electron chi connectivity index (χ1n) is 6.69. The fraction of sp³-hybridized carbons (Fsp3) is 0.538. The molecular formula is C13H15BrO7S. The molecule has 0 saturated carbocycles. The summed E-state index contributed by atoms with van der Waals surface area (Å²) in [5.41, 5.74) is 0. The van der Waals surface area contributed by atoms with Crippen LogP contribution in [0.15, 0.2) is 28.7 Å². The molecule has 2 heterocycles. The molecule has 22 heavy (non-hydrogen) atoms. The molecule has 1 N–H and O–H groups in total. The molecule has 0 aromatic heterocycles. The zero-order chi connectivity index (χ0) is 15.9. The first-order valence-corrected chi connectivity index (χ1v) is 8.82. The second-order valence-electron chi connectivity index (χ2n) is 5.23. The number of rotatable bonds is 4. The quantitative estimate of drug-likeness (QED) is 0.820. The smallest absolute Gasteiger partial charge is 0.390 e. The number of ether oxygens (including phenoxy) is 2. The van der Waals surface area contributed by atoms with Crippen molar-refractivity contribution in [1.82, 2.24) is 0 Å². The van der Waals surface area contributed by atoms with Crippen LogP contribution in [0.5, 0.6) is 5.75 Å². The third kappa shape index (κ3) is 3.29. The van der Waals surface area contributed by atoms with Crippen LogP contribution in [0.3, 0.4) is 0 Å². The number of benzene rings is 1. The van der Waals surface area contributed by atoms with Crippen LogP contribution >= 0.6 is 15.9 Å². The van der Waals surface area contributed by atoms with E-state index in [4.69, 9.17) is 17.8 Å². The maximum atomic E-state index is 12.0. The molecule has 0 radical (unpaired) electrons. The highest BCUT2D eigenvalue weighted by Crippen LogP contribution is 2.34. The molecule has 0 aliphatic carbocycles. The molecule has 2 aliphatic heterocycles. The van der Waals surface area contributed by atoms with Gasteiger partial charge in [-0.15, -0.1) is 0 Å². The molecule has 3 rings (SSSR count). The lowest BCUT2D eigenvalue weighted by atomic mass is 9.92. The van der Waals surface area contributed by atoms with Crippen LogP contribution in [0.2, 0.25) is 0 Å². The average molecular weight is 395 g/mol. The van der Waals surface area contributed by atoms with Crippen LogP contribution in [0, 0.1) is 5.92 Å². The summed E-state index contributed by atoms with van der Waals surface area (Å²) in [6.45, 7) is 1.89. The van der Waals surface area contributed by atoms with Crippen LogP contribution in [-0.2, 0) is 24.1 Å². The van der Waals surface area contributed by atoms with Crippen LogP contribution in [0.4, 0.5) is 0 Å². The Hall–Kier alpha value is -0.710. The summed E-state index contributed by atoms with van der Waals surface area (Å²) in [6.07, 6.45) is -3.09. The molecule has 7 nitrogen and oxygen atoms in total. The second kappa shape index (κ2) is 6.06. The maximum Gasteiger partial charge on any atom is 0.449 e. The van der Waals surface area contributed by atoms with Crippen molar-refractivity contribution >= 4 is 26.3 Å². The molecule has 2 aliphatic rings. The van der Waals surface area contributed by atoms with E-state index in [1.54, 1.807) is 19.1 Å². The summed E-state index contributed by atoms with van der Waals surface area (Å²) in [7, 11) is -4.31. The SMILES string of the molecule is C[C@H]1C(O)C2CO[C@H](O2)C1OS(=O)(=O)Oc1ccc(Br)cc1. The normalized spacial score (nSPS) is 34.6. The van der Waals surface area contributed by atoms with Gasteiger partial charge < -0.3 is 18.8 Å². The average Bonchev–Trinajstić information content (AvgIpc) is 2.91. The third-order valence-corrected chi connectivity index (χ3v) is 5.06. The first-order chi connectivity index (χ1) is 10.4. The fourth-order valence-electron chi connectivity index (χ4n) is 2.47. The molecular weight excluding hydrogens is 380 g/mol. The van der Waals surface area contributed by atoms with E-state index in [0.717, 1.165) is 4.47 Å². The van der Waals surface area contributed by atoms with Crippen LogP contribution < -0.4 is 4.18 Å². The van der Waals surface area contributed by atoms with Gasteiger partial charge in [-0.05, 0) is 24.3 Å². The number of hydrogen-bond acceptors (Lipinski definition) is 7. The number of halogens is 1. The van der Waals surface area contributed by atoms with E-state index >= 15 is 0 Å². The molecule has 2 saturated heterocycles. The van der Waals surface area contributed by atoms with E-state index in [9.17, 15) is 13.5 Å². The summed E-state index contributed by atoms with van der Waals surface area (Å²) < 4.78 is 45.5. The minimum atomic E-state index is -4.31. The molecule has 2 fully saturated rings. The molecule has 122 valence electrons. The monoisotopic (exact) mass is 394 g/mol. The highest BCUT2D eigenvalue weighted by Gasteiger charge is 2.50. The molecule has 9 heteroatoms. The lowest BCUT2D eigenvalue weighted by Gasteiger charge is -2.35. The highest BCUT2D eigenvalue weighted by molar-refractivity contribution is 9.10. The summed E-state index contributed by atoms with van der Waals surface area (Å²) >= 11 is 3.24. The van der Waals surface area contributed by atoms with E-state index in [0.29, 0.717) is 0 Å². The Morgan fingerprint density at radius 3 is 2.68 bits per heavy atom. The van der Waals surface area contributed by atoms with Crippen molar-refractivity contribution in [2.45, 2.75) is 31.5 Å². The number of fused-ring (bicyclic) bond motifs is 2. The van der Waals surface area contributed by atoms with Gasteiger partial charge in [0.15, 0.2) is 6.29 Å². The number of aliphatic hydroxyl groups is 1. The molecule has 3 unspecified atom stereocenters. The van der Waals surface area contributed by atoms with E-state index in [-0.39, 0.29) is 12.4 Å².